The smallest absolute Gasteiger partial charge is 0.337 e. The second-order valence-electron chi connectivity index (χ2n) is 4.82. The van der Waals surface area contributed by atoms with Gasteiger partial charge in [0.15, 0.2) is 0 Å². The van der Waals surface area contributed by atoms with Crippen molar-refractivity contribution in [1.29, 1.82) is 0 Å². The second kappa shape index (κ2) is 6.93. The molecule has 1 aliphatic heterocycles. The number of methoxy groups -OCH3 is 2. The average molecular weight is 307 g/mol. The topological polar surface area (TPSA) is 90.9 Å². The van der Waals surface area contributed by atoms with Crippen molar-refractivity contribution < 1.29 is 28.6 Å². The van der Waals surface area contributed by atoms with Crippen LogP contribution in [0.1, 0.15) is 22.3 Å². The molecule has 0 aromatic heterocycles. The minimum Gasteiger partial charge on any atom is -0.488 e. The number of amides is 1. The van der Waals surface area contributed by atoms with Gasteiger partial charge in [-0.1, -0.05) is 0 Å². The monoisotopic (exact) mass is 307 g/mol. The van der Waals surface area contributed by atoms with Crippen LogP contribution in [-0.4, -0.2) is 44.7 Å². The van der Waals surface area contributed by atoms with E-state index in [1.54, 1.807) is 18.2 Å². The third-order valence-electron chi connectivity index (χ3n) is 3.28. The van der Waals surface area contributed by atoms with Gasteiger partial charge in [0.25, 0.3) is 0 Å². The third kappa shape index (κ3) is 3.75. The van der Waals surface area contributed by atoms with Crippen LogP contribution < -0.4 is 10.1 Å². The number of benzene rings is 1. The molecule has 2 rings (SSSR count). The molecule has 1 N–H and O–H groups in total. The van der Waals surface area contributed by atoms with Gasteiger partial charge in [0.2, 0.25) is 5.91 Å². The van der Waals surface area contributed by atoms with Gasteiger partial charge in [-0.05, 0) is 23.8 Å². The number of hydrogen-bond acceptors (Lipinski definition) is 6. The summed E-state index contributed by atoms with van der Waals surface area (Å²) in [6.45, 7) is 0.276. The molecule has 1 heterocycles. The lowest BCUT2D eigenvalue weighted by atomic mass is 10.1. The van der Waals surface area contributed by atoms with Gasteiger partial charge in [-0.3, -0.25) is 9.59 Å². The molecule has 0 radical (unpaired) electrons. The van der Waals surface area contributed by atoms with Crippen molar-refractivity contribution >= 4 is 17.8 Å². The zero-order valence-electron chi connectivity index (χ0n) is 12.4. The lowest BCUT2D eigenvalue weighted by molar-refractivity contribution is -0.143. The van der Waals surface area contributed by atoms with E-state index < -0.39 is 17.8 Å². The van der Waals surface area contributed by atoms with Crippen LogP contribution in [-0.2, 0) is 25.5 Å². The molecule has 1 atom stereocenters. The van der Waals surface area contributed by atoms with Crippen molar-refractivity contribution in [2.45, 2.75) is 18.9 Å². The number of fused-ring (bicyclic) bond motifs is 1. The van der Waals surface area contributed by atoms with E-state index in [1.165, 1.54) is 14.2 Å². The van der Waals surface area contributed by atoms with Gasteiger partial charge in [-0.25, -0.2) is 4.79 Å². The minimum atomic E-state index is -0.587. The molecule has 0 saturated carbocycles. The Balaban J connectivity index is 1.88. The average Bonchev–Trinajstić information content (AvgIpc) is 2.93. The summed E-state index contributed by atoms with van der Waals surface area (Å²) >= 11 is 0. The van der Waals surface area contributed by atoms with Crippen molar-refractivity contribution in [3.8, 4) is 5.75 Å². The standard InChI is InChI=1S/C15H17NO6/c1-20-14(18)7-13(17)16-8-11-6-10-5-9(15(19)21-2)3-4-12(10)22-11/h3-5,11H,6-8H2,1-2H3,(H,16,17). The molecular formula is C15H17NO6. The first-order valence-electron chi connectivity index (χ1n) is 6.75. The fourth-order valence-electron chi connectivity index (χ4n) is 2.17. The molecule has 7 nitrogen and oxygen atoms in total. The summed E-state index contributed by atoms with van der Waals surface area (Å²) in [5, 5.41) is 2.62. The fraction of sp³-hybridized carbons (Fsp3) is 0.400. The third-order valence-corrected chi connectivity index (χ3v) is 3.28. The zero-order valence-corrected chi connectivity index (χ0v) is 12.4. The first kappa shape index (κ1) is 15.8. The molecule has 7 heteroatoms. The summed E-state index contributed by atoms with van der Waals surface area (Å²) in [5.41, 5.74) is 1.34. The fourth-order valence-corrected chi connectivity index (χ4v) is 2.17. The Hall–Kier alpha value is -2.57. The first-order valence-corrected chi connectivity index (χ1v) is 6.75. The largest absolute Gasteiger partial charge is 0.488 e. The van der Waals surface area contributed by atoms with Crippen LogP contribution in [0.2, 0.25) is 0 Å². The molecule has 118 valence electrons. The van der Waals surface area contributed by atoms with Gasteiger partial charge in [0, 0.05) is 6.42 Å². The quantitative estimate of drug-likeness (QED) is 0.627. The Bertz CT molecular complexity index is 598. The maximum absolute atomic E-state index is 11.5. The van der Waals surface area contributed by atoms with E-state index in [2.05, 4.69) is 14.8 Å². The van der Waals surface area contributed by atoms with Gasteiger partial charge < -0.3 is 19.5 Å². The minimum absolute atomic E-state index is 0.232. The lowest BCUT2D eigenvalue weighted by Crippen LogP contribution is -2.35. The highest BCUT2D eigenvalue weighted by Gasteiger charge is 2.24. The summed E-state index contributed by atoms with van der Waals surface area (Å²) < 4.78 is 14.8. The van der Waals surface area contributed by atoms with Crippen LogP contribution in [0.15, 0.2) is 18.2 Å². The summed E-state index contributed by atoms with van der Waals surface area (Å²) in [5.74, 6) is -0.727. The Morgan fingerprint density at radius 1 is 1.27 bits per heavy atom. The Kier molecular flexibility index (Phi) is 4.98. The number of esters is 2. The summed E-state index contributed by atoms with van der Waals surface area (Å²) in [6, 6.07) is 5.05. The summed E-state index contributed by atoms with van der Waals surface area (Å²) in [7, 11) is 2.55. The lowest BCUT2D eigenvalue weighted by Gasteiger charge is -2.11. The predicted molar refractivity (Wildman–Crippen MR) is 75.5 cm³/mol. The van der Waals surface area contributed by atoms with Gasteiger partial charge in [-0.15, -0.1) is 0 Å². The van der Waals surface area contributed by atoms with Crippen LogP contribution in [0.3, 0.4) is 0 Å². The molecule has 0 saturated heterocycles. The molecule has 1 amide bonds. The SMILES string of the molecule is COC(=O)CC(=O)NCC1Cc2cc(C(=O)OC)ccc2O1. The second-order valence-corrected chi connectivity index (χ2v) is 4.82. The summed E-state index contributed by atoms with van der Waals surface area (Å²) in [6.07, 6.45) is 0.0194. The normalized spacial score (nSPS) is 15.5. The van der Waals surface area contributed by atoms with Crippen molar-refractivity contribution in [2.24, 2.45) is 0 Å². The van der Waals surface area contributed by atoms with Gasteiger partial charge in [-0.2, -0.15) is 0 Å². The molecular weight excluding hydrogens is 290 g/mol. The van der Waals surface area contributed by atoms with Crippen LogP contribution in [0.5, 0.6) is 5.75 Å². The highest BCUT2D eigenvalue weighted by Crippen LogP contribution is 2.29. The van der Waals surface area contributed by atoms with E-state index in [9.17, 15) is 14.4 Å². The van der Waals surface area contributed by atoms with E-state index in [4.69, 9.17) is 4.74 Å². The number of rotatable bonds is 5. The number of carbonyl (C=O) groups is 3. The Morgan fingerprint density at radius 3 is 2.73 bits per heavy atom. The van der Waals surface area contributed by atoms with Gasteiger partial charge >= 0.3 is 11.9 Å². The summed E-state index contributed by atoms with van der Waals surface area (Å²) in [4.78, 5) is 33.9. The zero-order chi connectivity index (χ0) is 16.1. The molecule has 1 aromatic rings. The van der Waals surface area contributed by atoms with Crippen LogP contribution in [0, 0.1) is 0 Å². The number of carbonyl (C=O) groups excluding carboxylic acids is 3. The van der Waals surface area contributed by atoms with Crippen LogP contribution in [0.25, 0.3) is 0 Å². The highest BCUT2D eigenvalue weighted by atomic mass is 16.5. The highest BCUT2D eigenvalue weighted by molar-refractivity contribution is 5.94. The molecule has 0 fully saturated rings. The molecule has 1 aliphatic rings. The molecule has 1 unspecified atom stereocenters. The number of ether oxygens (including phenoxy) is 3. The first-order chi connectivity index (χ1) is 10.5. The van der Waals surface area contributed by atoms with E-state index >= 15 is 0 Å². The van der Waals surface area contributed by atoms with Gasteiger partial charge in [0.05, 0.1) is 26.3 Å². The van der Waals surface area contributed by atoms with E-state index in [-0.39, 0.29) is 19.1 Å². The van der Waals surface area contributed by atoms with Gasteiger partial charge in [0.1, 0.15) is 18.3 Å². The van der Waals surface area contributed by atoms with Crippen molar-refractivity contribution in [2.75, 3.05) is 20.8 Å². The molecule has 1 aromatic carbocycles. The molecule has 0 bridgehead atoms. The number of nitrogens with one attached hydrogen (secondary N) is 1. The molecule has 0 aliphatic carbocycles. The Labute approximate surface area is 127 Å². The number of hydrogen-bond donors (Lipinski definition) is 1. The van der Waals surface area contributed by atoms with E-state index in [0.717, 1.165) is 5.56 Å². The van der Waals surface area contributed by atoms with Crippen LogP contribution >= 0.6 is 0 Å². The van der Waals surface area contributed by atoms with E-state index in [1.807, 2.05) is 0 Å². The van der Waals surface area contributed by atoms with Crippen LogP contribution in [0.4, 0.5) is 0 Å². The Morgan fingerprint density at radius 2 is 2.05 bits per heavy atom. The van der Waals surface area contributed by atoms with Crippen molar-refractivity contribution in [3.63, 3.8) is 0 Å². The van der Waals surface area contributed by atoms with Crippen molar-refractivity contribution in [1.82, 2.24) is 5.32 Å². The maximum Gasteiger partial charge on any atom is 0.337 e. The predicted octanol–water partition coefficient (Wildman–Crippen LogP) is 0.456. The van der Waals surface area contributed by atoms with Crippen molar-refractivity contribution in [3.05, 3.63) is 29.3 Å². The molecule has 0 spiro atoms. The van der Waals surface area contributed by atoms with E-state index in [0.29, 0.717) is 17.7 Å². The molecule has 22 heavy (non-hydrogen) atoms. The maximum atomic E-state index is 11.5.